The van der Waals surface area contributed by atoms with Crippen LogP contribution >= 0.6 is 0 Å². The molecule has 4 aliphatic carbocycles. The summed E-state index contributed by atoms with van der Waals surface area (Å²) >= 11 is 0. The van der Waals surface area contributed by atoms with Crippen LogP contribution in [0, 0.1) is 35.5 Å². The third-order valence-electron chi connectivity index (χ3n) is 5.89. The molecule has 0 unspecified atom stereocenters. The van der Waals surface area contributed by atoms with Gasteiger partial charge in [0, 0.05) is 5.56 Å². The van der Waals surface area contributed by atoms with E-state index in [0.29, 0.717) is 17.4 Å². The molecule has 4 heteroatoms. The second-order valence-electron chi connectivity index (χ2n) is 6.84. The van der Waals surface area contributed by atoms with Crippen LogP contribution in [0.3, 0.4) is 0 Å². The Bertz CT molecular complexity index is 702. The lowest BCUT2D eigenvalue weighted by molar-refractivity contribution is -0.136. The fourth-order valence-electron chi connectivity index (χ4n) is 4.87. The van der Waals surface area contributed by atoms with Crippen LogP contribution in [0.4, 0.5) is 0 Å². The van der Waals surface area contributed by atoms with Crippen molar-refractivity contribution in [3.63, 3.8) is 0 Å². The molecule has 1 aromatic rings. The molecular formula is C18H15NO3. The zero-order valence-electron chi connectivity index (χ0n) is 11.9. The molecular weight excluding hydrogens is 278 g/mol. The van der Waals surface area contributed by atoms with Gasteiger partial charge in [-0.05, 0) is 42.2 Å². The van der Waals surface area contributed by atoms with E-state index in [9.17, 15) is 14.4 Å². The molecule has 1 saturated heterocycles. The Kier molecular flexibility index (Phi) is 2.21. The van der Waals surface area contributed by atoms with Crippen LogP contribution < -0.4 is 0 Å². The minimum absolute atomic E-state index is 0.157. The van der Waals surface area contributed by atoms with Crippen molar-refractivity contribution in [1.82, 2.24) is 4.90 Å². The summed E-state index contributed by atoms with van der Waals surface area (Å²) in [5.41, 5.74) is 0.397. The average Bonchev–Trinajstić information content (AvgIpc) is 3.32. The molecule has 3 amide bonds. The molecule has 6 atom stereocenters. The van der Waals surface area contributed by atoms with Gasteiger partial charge in [-0.15, -0.1) is 0 Å². The van der Waals surface area contributed by atoms with E-state index in [1.54, 1.807) is 24.3 Å². The molecule has 4 nitrogen and oxygen atoms in total. The van der Waals surface area contributed by atoms with Crippen molar-refractivity contribution in [2.24, 2.45) is 35.5 Å². The highest BCUT2D eigenvalue weighted by atomic mass is 16.2. The summed E-state index contributed by atoms with van der Waals surface area (Å²) in [6, 6.07) is 8.59. The summed E-state index contributed by atoms with van der Waals surface area (Å²) in [5.74, 6) is -0.229. The number of imide groups is 3. The van der Waals surface area contributed by atoms with Gasteiger partial charge in [0.2, 0.25) is 11.8 Å². The second kappa shape index (κ2) is 3.94. The summed E-state index contributed by atoms with van der Waals surface area (Å²) in [5, 5.41) is 0. The van der Waals surface area contributed by atoms with E-state index in [4.69, 9.17) is 0 Å². The summed E-state index contributed by atoms with van der Waals surface area (Å²) < 4.78 is 0. The first kappa shape index (κ1) is 12.3. The van der Waals surface area contributed by atoms with E-state index in [1.165, 1.54) is 0 Å². The van der Waals surface area contributed by atoms with Gasteiger partial charge in [0.1, 0.15) is 0 Å². The van der Waals surface area contributed by atoms with Gasteiger partial charge in [0.15, 0.2) is 0 Å². The number of hydrogen-bond donors (Lipinski definition) is 0. The monoisotopic (exact) mass is 293 g/mol. The van der Waals surface area contributed by atoms with Crippen molar-refractivity contribution in [2.75, 3.05) is 0 Å². The number of hydrogen-bond acceptors (Lipinski definition) is 3. The van der Waals surface area contributed by atoms with E-state index < -0.39 is 5.91 Å². The first-order valence-corrected chi connectivity index (χ1v) is 7.84. The van der Waals surface area contributed by atoms with Crippen LogP contribution in [0.2, 0.25) is 0 Å². The molecule has 1 aromatic carbocycles. The first-order chi connectivity index (χ1) is 10.7. The number of amides is 3. The fourth-order valence-corrected chi connectivity index (χ4v) is 4.87. The van der Waals surface area contributed by atoms with Gasteiger partial charge >= 0.3 is 0 Å². The number of carbonyl (C=O) groups excluding carboxylic acids is 3. The molecule has 0 radical (unpaired) electrons. The number of likely N-dealkylation sites (tertiary alicyclic amines) is 1. The summed E-state index contributed by atoms with van der Waals surface area (Å²) in [6.45, 7) is 0. The van der Waals surface area contributed by atoms with Crippen LogP contribution in [0.5, 0.6) is 0 Å². The molecule has 2 saturated carbocycles. The van der Waals surface area contributed by atoms with Crippen molar-refractivity contribution in [2.45, 2.75) is 6.42 Å². The molecule has 5 aliphatic rings. The molecule has 6 rings (SSSR count). The molecule has 0 aromatic heterocycles. The van der Waals surface area contributed by atoms with Crippen LogP contribution in [-0.4, -0.2) is 22.6 Å². The minimum atomic E-state index is -0.474. The maximum absolute atomic E-state index is 12.8. The molecule has 110 valence electrons. The zero-order valence-corrected chi connectivity index (χ0v) is 11.9. The standard InChI is InChI=1S/C18H15NO3/c20-16(9-4-2-1-3-5-9)19-17(21)14-10-6-7-11(13-8-12(10)13)15(14)18(19)22/h1-7,10-15H,8H2/t10-,11-,12-,13-,14+,15+/m0/s1. The van der Waals surface area contributed by atoms with Gasteiger partial charge in [-0.2, -0.15) is 0 Å². The number of nitrogens with zero attached hydrogens (tertiary/aromatic N) is 1. The highest BCUT2D eigenvalue weighted by molar-refractivity contribution is 6.21. The largest absolute Gasteiger partial charge is 0.274 e. The lowest BCUT2D eigenvalue weighted by Gasteiger charge is -2.37. The van der Waals surface area contributed by atoms with Crippen molar-refractivity contribution >= 4 is 17.7 Å². The molecule has 0 N–H and O–H groups in total. The zero-order chi connectivity index (χ0) is 15.0. The fraction of sp³-hybridized carbons (Fsp3) is 0.389. The first-order valence-electron chi connectivity index (χ1n) is 7.84. The van der Waals surface area contributed by atoms with Crippen LogP contribution in [-0.2, 0) is 9.59 Å². The van der Waals surface area contributed by atoms with Gasteiger partial charge in [-0.3, -0.25) is 14.4 Å². The van der Waals surface area contributed by atoms with Crippen LogP contribution in [0.15, 0.2) is 42.5 Å². The number of benzene rings is 1. The Balaban J connectivity index is 1.54. The van der Waals surface area contributed by atoms with E-state index in [1.807, 2.05) is 6.07 Å². The Morgan fingerprint density at radius 2 is 1.45 bits per heavy atom. The summed E-state index contributed by atoms with van der Waals surface area (Å²) in [7, 11) is 0. The number of rotatable bonds is 1. The van der Waals surface area contributed by atoms with E-state index in [-0.39, 0.29) is 35.5 Å². The smallest absolute Gasteiger partial charge is 0.267 e. The lowest BCUT2D eigenvalue weighted by Crippen LogP contribution is -2.40. The molecule has 3 fully saturated rings. The lowest BCUT2D eigenvalue weighted by atomic mass is 9.63. The van der Waals surface area contributed by atoms with Crippen molar-refractivity contribution in [3.05, 3.63) is 48.0 Å². The van der Waals surface area contributed by atoms with E-state index in [2.05, 4.69) is 12.2 Å². The predicted octanol–water partition coefficient (Wildman–Crippen LogP) is 1.88. The maximum Gasteiger partial charge on any atom is 0.267 e. The van der Waals surface area contributed by atoms with E-state index >= 15 is 0 Å². The third kappa shape index (κ3) is 1.35. The SMILES string of the molecule is O=C(c1ccccc1)N1C(=O)[C@@H]2[C@H]3C=C[C@@H]([C@@H]4C[C@@H]34)[C@H]2C1=O. The quantitative estimate of drug-likeness (QED) is 0.587. The molecule has 22 heavy (non-hydrogen) atoms. The highest BCUT2D eigenvalue weighted by Crippen LogP contribution is 2.65. The normalized spacial score (nSPS) is 40.6. The predicted molar refractivity (Wildman–Crippen MR) is 77.3 cm³/mol. The maximum atomic E-state index is 12.8. The van der Waals surface area contributed by atoms with Gasteiger partial charge < -0.3 is 0 Å². The average molecular weight is 293 g/mol. The van der Waals surface area contributed by atoms with Crippen molar-refractivity contribution in [3.8, 4) is 0 Å². The topological polar surface area (TPSA) is 54.5 Å². The van der Waals surface area contributed by atoms with Crippen LogP contribution in [0.1, 0.15) is 16.8 Å². The van der Waals surface area contributed by atoms with Crippen molar-refractivity contribution in [1.29, 1.82) is 0 Å². The number of allylic oxidation sites excluding steroid dienone is 2. The summed E-state index contributed by atoms with van der Waals surface area (Å²) in [4.78, 5) is 39.1. The molecule has 2 bridgehead atoms. The van der Waals surface area contributed by atoms with E-state index in [0.717, 1.165) is 11.3 Å². The molecule has 1 heterocycles. The second-order valence-corrected chi connectivity index (χ2v) is 6.84. The Morgan fingerprint density at radius 1 is 0.909 bits per heavy atom. The van der Waals surface area contributed by atoms with Gasteiger partial charge in [0.05, 0.1) is 11.8 Å². The highest BCUT2D eigenvalue weighted by Gasteiger charge is 2.67. The van der Waals surface area contributed by atoms with Crippen molar-refractivity contribution < 1.29 is 14.4 Å². The third-order valence-corrected chi connectivity index (χ3v) is 5.89. The number of carbonyl (C=O) groups is 3. The molecule has 0 spiro atoms. The Labute approximate surface area is 127 Å². The van der Waals surface area contributed by atoms with Gasteiger partial charge in [-0.1, -0.05) is 30.4 Å². The Hall–Kier alpha value is -2.23. The van der Waals surface area contributed by atoms with Crippen LogP contribution in [0.25, 0.3) is 0 Å². The van der Waals surface area contributed by atoms with Gasteiger partial charge in [0.25, 0.3) is 5.91 Å². The van der Waals surface area contributed by atoms with Gasteiger partial charge in [-0.25, -0.2) is 4.90 Å². The molecule has 1 aliphatic heterocycles. The summed E-state index contributed by atoms with van der Waals surface area (Å²) in [6.07, 6.45) is 5.35. The minimum Gasteiger partial charge on any atom is -0.274 e. The Morgan fingerprint density at radius 3 is 2.00 bits per heavy atom.